The summed E-state index contributed by atoms with van der Waals surface area (Å²) in [6, 6.07) is 14.8. The van der Waals surface area contributed by atoms with Crippen LogP contribution in [0, 0.1) is 0 Å². The summed E-state index contributed by atoms with van der Waals surface area (Å²) in [5, 5.41) is 3.31. The molecule has 28 heavy (non-hydrogen) atoms. The molecular formula is C20H19N3O4S. The van der Waals surface area contributed by atoms with E-state index >= 15 is 0 Å². The fraction of sp³-hybridized carbons (Fsp3) is 0.150. The van der Waals surface area contributed by atoms with Crippen LogP contribution in [0.5, 0.6) is 0 Å². The van der Waals surface area contributed by atoms with Crippen molar-refractivity contribution in [2.45, 2.75) is 11.8 Å². The Kier molecular flexibility index (Phi) is 5.53. The molecule has 0 fully saturated rings. The highest BCUT2D eigenvalue weighted by molar-refractivity contribution is 7.89. The predicted molar refractivity (Wildman–Crippen MR) is 107 cm³/mol. The van der Waals surface area contributed by atoms with E-state index in [-0.39, 0.29) is 17.2 Å². The van der Waals surface area contributed by atoms with Crippen LogP contribution in [0.3, 0.4) is 0 Å². The average Bonchev–Trinajstić information content (AvgIpc) is 2.67. The van der Waals surface area contributed by atoms with Gasteiger partial charge in [-0.2, -0.15) is 4.31 Å². The molecule has 3 rings (SSSR count). The number of nitrogens with zero attached hydrogens (tertiary/aromatic N) is 2. The van der Waals surface area contributed by atoms with Crippen LogP contribution in [-0.4, -0.2) is 43.0 Å². The maximum absolute atomic E-state index is 12.9. The van der Waals surface area contributed by atoms with E-state index in [0.717, 1.165) is 4.31 Å². The van der Waals surface area contributed by atoms with E-state index in [1.807, 2.05) is 0 Å². The molecule has 0 bridgehead atoms. The monoisotopic (exact) mass is 397 g/mol. The molecule has 0 atom stereocenters. The smallest absolute Gasteiger partial charge is 0.245 e. The zero-order valence-corrected chi connectivity index (χ0v) is 16.2. The molecule has 0 saturated heterocycles. The number of benzene rings is 2. The van der Waals surface area contributed by atoms with Crippen molar-refractivity contribution in [2.75, 3.05) is 18.9 Å². The van der Waals surface area contributed by atoms with Gasteiger partial charge in [0.05, 0.1) is 12.1 Å². The lowest BCUT2D eigenvalue weighted by atomic mass is 10.1. The summed E-state index contributed by atoms with van der Waals surface area (Å²) < 4.78 is 26.9. The molecule has 1 amide bonds. The van der Waals surface area contributed by atoms with Crippen LogP contribution >= 0.6 is 0 Å². The molecule has 1 N–H and O–H groups in total. The second kappa shape index (κ2) is 7.87. The lowest BCUT2D eigenvalue weighted by Gasteiger charge is -2.18. The number of ketones is 1. The SMILES string of the molecule is CC(=O)c1cccc(NC(=O)CN(C)S(=O)(=O)c2cccc3cccnc23)c1. The number of hydrogen-bond acceptors (Lipinski definition) is 5. The number of carbonyl (C=O) groups is 2. The number of hydrogen-bond donors (Lipinski definition) is 1. The largest absolute Gasteiger partial charge is 0.325 e. The van der Waals surface area contributed by atoms with Crippen LogP contribution < -0.4 is 5.32 Å². The Hall–Kier alpha value is -3.10. The highest BCUT2D eigenvalue weighted by Crippen LogP contribution is 2.23. The molecule has 1 heterocycles. The first-order valence-electron chi connectivity index (χ1n) is 8.50. The van der Waals surface area contributed by atoms with Gasteiger partial charge in [0.2, 0.25) is 15.9 Å². The zero-order chi connectivity index (χ0) is 20.3. The van der Waals surface area contributed by atoms with E-state index < -0.39 is 15.9 Å². The molecule has 0 aliphatic heterocycles. The third-order valence-corrected chi connectivity index (χ3v) is 6.04. The van der Waals surface area contributed by atoms with E-state index in [4.69, 9.17) is 0 Å². The van der Waals surface area contributed by atoms with E-state index in [1.165, 1.54) is 26.2 Å². The van der Waals surface area contributed by atoms with Gasteiger partial charge in [-0.15, -0.1) is 0 Å². The molecule has 0 radical (unpaired) electrons. The Morgan fingerprint density at radius 3 is 2.54 bits per heavy atom. The number of amides is 1. The van der Waals surface area contributed by atoms with Gasteiger partial charge in [0.1, 0.15) is 4.90 Å². The van der Waals surface area contributed by atoms with Gasteiger partial charge in [0.25, 0.3) is 0 Å². The Balaban J connectivity index is 1.79. The fourth-order valence-electron chi connectivity index (χ4n) is 2.76. The number of sulfonamides is 1. The van der Waals surface area contributed by atoms with Crippen LogP contribution in [0.2, 0.25) is 0 Å². The Morgan fingerprint density at radius 1 is 1.07 bits per heavy atom. The number of likely N-dealkylation sites (N-methyl/N-ethyl adjacent to an activating group) is 1. The summed E-state index contributed by atoms with van der Waals surface area (Å²) >= 11 is 0. The van der Waals surface area contributed by atoms with E-state index in [1.54, 1.807) is 48.5 Å². The number of anilines is 1. The van der Waals surface area contributed by atoms with Crippen molar-refractivity contribution in [3.8, 4) is 0 Å². The topological polar surface area (TPSA) is 96.4 Å². The standard InChI is InChI=1S/C20H19N3O4S/c1-14(24)16-7-3-9-17(12-16)22-19(25)13-23(2)28(26,27)18-10-4-6-15-8-5-11-21-20(15)18/h3-12H,13H2,1-2H3,(H,22,25). The summed E-state index contributed by atoms with van der Waals surface area (Å²) in [5.41, 5.74) is 1.24. The van der Waals surface area contributed by atoms with Gasteiger partial charge in [0, 0.05) is 29.9 Å². The first-order valence-corrected chi connectivity index (χ1v) is 9.94. The lowest BCUT2D eigenvalue weighted by molar-refractivity contribution is -0.116. The fourth-order valence-corrected chi connectivity index (χ4v) is 4.04. The van der Waals surface area contributed by atoms with Crippen LogP contribution in [-0.2, 0) is 14.8 Å². The molecule has 0 unspecified atom stereocenters. The molecule has 0 saturated carbocycles. The maximum atomic E-state index is 12.9. The average molecular weight is 397 g/mol. The van der Waals surface area contributed by atoms with Crippen LogP contribution in [0.1, 0.15) is 17.3 Å². The van der Waals surface area contributed by atoms with Gasteiger partial charge in [-0.05, 0) is 31.2 Å². The van der Waals surface area contributed by atoms with Crippen molar-refractivity contribution >= 4 is 38.3 Å². The lowest BCUT2D eigenvalue weighted by Crippen LogP contribution is -2.35. The second-order valence-electron chi connectivity index (χ2n) is 6.28. The molecule has 144 valence electrons. The summed E-state index contributed by atoms with van der Waals surface area (Å²) in [4.78, 5) is 28.0. The van der Waals surface area contributed by atoms with E-state index in [2.05, 4.69) is 10.3 Å². The van der Waals surface area contributed by atoms with Crippen molar-refractivity contribution in [1.29, 1.82) is 0 Å². The van der Waals surface area contributed by atoms with Gasteiger partial charge in [0.15, 0.2) is 5.78 Å². The Labute approximate surface area is 163 Å². The van der Waals surface area contributed by atoms with Crippen molar-refractivity contribution in [3.63, 3.8) is 0 Å². The zero-order valence-electron chi connectivity index (χ0n) is 15.4. The second-order valence-corrected chi connectivity index (χ2v) is 8.29. The number of rotatable bonds is 6. The number of Topliss-reactive ketones (excluding diaryl/α,β-unsaturated/α-hetero) is 1. The number of aromatic nitrogens is 1. The number of nitrogens with one attached hydrogen (secondary N) is 1. The number of pyridine rings is 1. The minimum absolute atomic E-state index is 0.0412. The van der Waals surface area contributed by atoms with Gasteiger partial charge < -0.3 is 5.32 Å². The van der Waals surface area contributed by atoms with Gasteiger partial charge >= 0.3 is 0 Å². The summed E-state index contributed by atoms with van der Waals surface area (Å²) in [5.74, 6) is -0.640. The van der Waals surface area contributed by atoms with Gasteiger partial charge in [-0.1, -0.05) is 30.3 Å². The Morgan fingerprint density at radius 2 is 1.79 bits per heavy atom. The third-order valence-electron chi connectivity index (χ3n) is 4.20. The van der Waals surface area contributed by atoms with E-state index in [9.17, 15) is 18.0 Å². The summed E-state index contributed by atoms with van der Waals surface area (Å²) in [7, 11) is -2.58. The molecule has 0 aliphatic carbocycles. The molecule has 1 aromatic heterocycles. The number of fused-ring (bicyclic) bond motifs is 1. The van der Waals surface area contributed by atoms with Crippen LogP contribution in [0.4, 0.5) is 5.69 Å². The maximum Gasteiger partial charge on any atom is 0.245 e. The molecule has 0 spiro atoms. The van der Waals surface area contributed by atoms with Crippen molar-refractivity contribution in [1.82, 2.24) is 9.29 Å². The Bertz CT molecular complexity index is 1150. The van der Waals surface area contributed by atoms with Crippen molar-refractivity contribution in [3.05, 3.63) is 66.4 Å². The molecule has 7 nitrogen and oxygen atoms in total. The minimum Gasteiger partial charge on any atom is -0.325 e. The first kappa shape index (κ1) is 19.7. The highest BCUT2D eigenvalue weighted by Gasteiger charge is 2.25. The molecular weight excluding hydrogens is 378 g/mol. The van der Waals surface area contributed by atoms with E-state index in [0.29, 0.717) is 22.2 Å². The van der Waals surface area contributed by atoms with Gasteiger partial charge in [-0.3, -0.25) is 14.6 Å². The molecule has 2 aromatic carbocycles. The number of para-hydroxylation sites is 1. The normalized spacial score (nSPS) is 11.5. The van der Waals surface area contributed by atoms with Crippen molar-refractivity contribution in [2.24, 2.45) is 0 Å². The van der Waals surface area contributed by atoms with Crippen LogP contribution in [0.15, 0.2) is 65.7 Å². The summed E-state index contributed by atoms with van der Waals surface area (Å²) in [6.45, 7) is 1.05. The van der Waals surface area contributed by atoms with Crippen LogP contribution in [0.25, 0.3) is 10.9 Å². The van der Waals surface area contributed by atoms with Crippen molar-refractivity contribution < 1.29 is 18.0 Å². The minimum atomic E-state index is -3.92. The third kappa shape index (κ3) is 4.08. The molecule has 3 aromatic rings. The molecule has 0 aliphatic rings. The van der Waals surface area contributed by atoms with Gasteiger partial charge in [-0.25, -0.2) is 8.42 Å². The number of carbonyl (C=O) groups excluding carboxylic acids is 2. The first-order chi connectivity index (χ1) is 13.3. The molecule has 8 heteroatoms. The highest BCUT2D eigenvalue weighted by atomic mass is 32.2. The predicted octanol–water partition coefficient (Wildman–Crippen LogP) is 2.70. The summed E-state index contributed by atoms with van der Waals surface area (Å²) in [6.07, 6.45) is 1.52. The quantitative estimate of drug-likeness (QED) is 0.645.